The number of allylic oxidation sites excluding steroid dienone is 1. The van der Waals surface area contributed by atoms with Gasteiger partial charge >= 0.3 is 11.9 Å². The van der Waals surface area contributed by atoms with E-state index in [1.54, 1.807) is 13.8 Å². The fourth-order valence-corrected chi connectivity index (χ4v) is 2.84. The summed E-state index contributed by atoms with van der Waals surface area (Å²) in [5.74, 6) is -1.40. The molecule has 0 aromatic rings. The van der Waals surface area contributed by atoms with E-state index in [0.717, 1.165) is 24.8 Å². The first-order valence-corrected chi connectivity index (χ1v) is 8.17. The summed E-state index contributed by atoms with van der Waals surface area (Å²) in [4.78, 5) is 24.2. The van der Waals surface area contributed by atoms with Crippen LogP contribution in [0.5, 0.6) is 0 Å². The molecule has 0 aliphatic heterocycles. The zero-order valence-electron chi connectivity index (χ0n) is 13.5. The lowest BCUT2D eigenvalue weighted by atomic mass is 9.88. The SMILES string of the molecule is CCCCCCC1=CCC(C(=O)OCC)C1C(=O)OCC. The minimum Gasteiger partial charge on any atom is -0.466 e. The Morgan fingerprint density at radius 3 is 2.33 bits per heavy atom. The summed E-state index contributed by atoms with van der Waals surface area (Å²) in [6, 6.07) is 0. The van der Waals surface area contributed by atoms with Crippen molar-refractivity contribution in [3.8, 4) is 0 Å². The van der Waals surface area contributed by atoms with Gasteiger partial charge in [0, 0.05) is 0 Å². The molecule has 1 rings (SSSR count). The summed E-state index contributed by atoms with van der Waals surface area (Å²) in [6.45, 7) is 6.43. The number of hydrogen-bond acceptors (Lipinski definition) is 4. The Morgan fingerprint density at radius 1 is 1.05 bits per heavy atom. The van der Waals surface area contributed by atoms with Gasteiger partial charge in [-0.2, -0.15) is 0 Å². The summed E-state index contributed by atoms with van der Waals surface area (Å²) >= 11 is 0. The molecule has 0 radical (unpaired) electrons. The molecule has 0 heterocycles. The van der Waals surface area contributed by atoms with Gasteiger partial charge in [-0.15, -0.1) is 0 Å². The highest BCUT2D eigenvalue weighted by molar-refractivity contribution is 5.85. The second-order valence-corrected chi connectivity index (χ2v) is 5.41. The smallest absolute Gasteiger partial charge is 0.313 e. The Labute approximate surface area is 127 Å². The lowest BCUT2D eigenvalue weighted by Crippen LogP contribution is -2.30. The van der Waals surface area contributed by atoms with E-state index in [1.165, 1.54) is 12.8 Å². The maximum absolute atomic E-state index is 12.2. The molecule has 2 unspecified atom stereocenters. The summed E-state index contributed by atoms with van der Waals surface area (Å²) in [7, 11) is 0. The second-order valence-electron chi connectivity index (χ2n) is 5.41. The van der Waals surface area contributed by atoms with E-state index < -0.39 is 11.8 Å². The number of hydrogen-bond donors (Lipinski definition) is 0. The number of rotatable bonds is 9. The third-order valence-corrected chi connectivity index (χ3v) is 3.88. The highest BCUT2D eigenvalue weighted by Crippen LogP contribution is 2.36. The van der Waals surface area contributed by atoms with Crippen molar-refractivity contribution in [1.82, 2.24) is 0 Å². The summed E-state index contributed by atoms with van der Waals surface area (Å²) in [5, 5.41) is 0. The number of esters is 2. The molecule has 1 aliphatic rings. The fourth-order valence-electron chi connectivity index (χ4n) is 2.84. The van der Waals surface area contributed by atoms with Crippen LogP contribution in [0, 0.1) is 11.8 Å². The van der Waals surface area contributed by atoms with Crippen molar-refractivity contribution in [3.05, 3.63) is 11.6 Å². The van der Waals surface area contributed by atoms with Crippen LogP contribution >= 0.6 is 0 Å². The first-order valence-electron chi connectivity index (χ1n) is 8.17. The normalized spacial score (nSPS) is 21.0. The number of carbonyl (C=O) groups is 2. The molecule has 0 saturated heterocycles. The molecular weight excluding hydrogens is 268 g/mol. The standard InChI is InChI=1S/C17H28O4/c1-4-7-8-9-10-13-11-12-14(16(18)20-5-2)15(13)17(19)21-6-3/h11,14-15H,4-10,12H2,1-3H3. The predicted molar refractivity (Wildman–Crippen MR) is 81.7 cm³/mol. The van der Waals surface area contributed by atoms with Crippen LogP contribution in [0.25, 0.3) is 0 Å². The molecule has 120 valence electrons. The van der Waals surface area contributed by atoms with Gasteiger partial charge in [0.2, 0.25) is 0 Å². The Hall–Kier alpha value is -1.32. The van der Waals surface area contributed by atoms with Crippen LogP contribution in [-0.2, 0) is 19.1 Å². The van der Waals surface area contributed by atoms with Gasteiger partial charge < -0.3 is 9.47 Å². The van der Waals surface area contributed by atoms with Gasteiger partial charge in [0.05, 0.1) is 25.0 Å². The van der Waals surface area contributed by atoms with Crippen LogP contribution in [-0.4, -0.2) is 25.2 Å². The molecule has 0 bridgehead atoms. The quantitative estimate of drug-likeness (QED) is 0.370. The van der Waals surface area contributed by atoms with Crippen molar-refractivity contribution in [1.29, 1.82) is 0 Å². The summed E-state index contributed by atoms with van der Waals surface area (Å²) < 4.78 is 10.3. The topological polar surface area (TPSA) is 52.6 Å². The Bertz CT molecular complexity index is 373. The predicted octanol–water partition coefficient (Wildman–Crippen LogP) is 3.65. The van der Waals surface area contributed by atoms with E-state index in [-0.39, 0.29) is 11.9 Å². The third-order valence-electron chi connectivity index (χ3n) is 3.88. The molecule has 1 aliphatic carbocycles. The van der Waals surface area contributed by atoms with Crippen molar-refractivity contribution in [2.24, 2.45) is 11.8 Å². The molecule has 0 aromatic heterocycles. The van der Waals surface area contributed by atoms with Gasteiger partial charge in [-0.25, -0.2) is 0 Å². The van der Waals surface area contributed by atoms with E-state index in [1.807, 2.05) is 6.08 Å². The largest absolute Gasteiger partial charge is 0.466 e. The van der Waals surface area contributed by atoms with Crippen LogP contribution in [0.2, 0.25) is 0 Å². The van der Waals surface area contributed by atoms with Crippen molar-refractivity contribution in [2.75, 3.05) is 13.2 Å². The van der Waals surface area contributed by atoms with Crippen LogP contribution in [0.15, 0.2) is 11.6 Å². The van der Waals surface area contributed by atoms with E-state index >= 15 is 0 Å². The molecule has 0 fully saturated rings. The van der Waals surface area contributed by atoms with Crippen molar-refractivity contribution in [3.63, 3.8) is 0 Å². The van der Waals surface area contributed by atoms with Crippen molar-refractivity contribution < 1.29 is 19.1 Å². The molecular formula is C17H28O4. The fraction of sp³-hybridized carbons (Fsp3) is 0.765. The summed E-state index contributed by atoms with van der Waals surface area (Å²) in [5.41, 5.74) is 1.06. The highest BCUT2D eigenvalue weighted by atomic mass is 16.5. The zero-order valence-corrected chi connectivity index (χ0v) is 13.5. The number of ether oxygens (including phenoxy) is 2. The number of unbranched alkanes of at least 4 members (excludes halogenated alkanes) is 3. The molecule has 0 aromatic carbocycles. The Morgan fingerprint density at radius 2 is 1.71 bits per heavy atom. The van der Waals surface area contributed by atoms with Crippen LogP contribution in [0.3, 0.4) is 0 Å². The van der Waals surface area contributed by atoms with Gasteiger partial charge in [0.15, 0.2) is 0 Å². The molecule has 0 saturated carbocycles. The Balaban J connectivity index is 2.68. The van der Waals surface area contributed by atoms with Gasteiger partial charge in [-0.3, -0.25) is 9.59 Å². The minimum atomic E-state index is -0.439. The van der Waals surface area contributed by atoms with E-state index in [9.17, 15) is 9.59 Å². The molecule has 0 N–H and O–H groups in total. The molecule has 0 spiro atoms. The van der Waals surface area contributed by atoms with Gasteiger partial charge in [-0.1, -0.05) is 37.8 Å². The maximum Gasteiger partial charge on any atom is 0.313 e. The highest BCUT2D eigenvalue weighted by Gasteiger charge is 2.41. The molecule has 21 heavy (non-hydrogen) atoms. The number of carbonyl (C=O) groups excluding carboxylic acids is 2. The lowest BCUT2D eigenvalue weighted by molar-refractivity contribution is -0.158. The van der Waals surface area contributed by atoms with Crippen LogP contribution in [0.1, 0.15) is 59.3 Å². The van der Waals surface area contributed by atoms with Gasteiger partial charge in [0.25, 0.3) is 0 Å². The average Bonchev–Trinajstić information content (AvgIpc) is 2.88. The maximum atomic E-state index is 12.2. The third kappa shape index (κ3) is 5.18. The first-order chi connectivity index (χ1) is 10.2. The zero-order chi connectivity index (χ0) is 15.7. The Kier molecular flexibility index (Phi) is 8.09. The van der Waals surface area contributed by atoms with Crippen molar-refractivity contribution >= 4 is 11.9 Å². The van der Waals surface area contributed by atoms with Gasteiger partial charge in [0.1, 0.15) is 0 Å². The van der Waals surface area contributed by atoms with Crippen LogP contribution in [0.4, 0.5) is 0 Å². The monoisotopic (exact) mass is 296 g/mol. The molecule has 4 heteroatoms. The molecule has 4 nitrogen and oxygen atoms in total. The van der Waals surface area contributed by atoms with E-state index in [0.29, 0.717) is 19.6 Å². The minimum absolute atomic E-state index is 0.282. The van der Waals surface area contributed by atoms with E-state index in [2.05, 4.69) is 6.92 Å². The van der Waals surface area contributed by atoms with Gasteiger partial charge in [-0.05, 0) is 33.1 Å². The van der Waals surface area contributed by atoms with Crippen molar-refractivity contribution in [2.45, 2.75) is 59.3 Å². The molecule has 0 amide bonds. The second kappa shape index (κ2) is 9.59. The van der Waals surface area contributed by atoms with E-state index in [4.69, 9.17) is 9.47 Å². The lowest BCUT2D eigenvalue weighted by Gasteiger charge is -2.20. The summed E-state index contributed by atoms with van der Waals surface area (Å²) in [6.07, 6.45) is 8.11. The average molecular weight is 296 g/mol. The molecule has 2 atom stereocenters. The first kappa shape index (κ1) is 17.7. The van der Waals surface area contributed by atoms with Crippen LogP contribution < -0.4 is 0 Å².